The molecule has 126 valence electrons. The number of morpholine rings is 1. The summed E-state index contributed by atoms with van der Waals surface area (Å²) < 4.78 is 5.25. The Kier molecular flexibility index (Phi) is 6.83. The molecule has 2 amide bonds. The van der Waals surface area contributed by atoms with E-state index in [9.17, 15) is 14.7 Å². The van der Waals surface area contributed by atoms with E-state index in [0.717, 1.165) is 25.2 Å². The molecule has 2 rings (SSSR count). The zero-order valence-electron chi connectivity index (χ0n) is 13.1. The van der Waals surface area contributed by atoms with Gasteiger partial charge < -0.3 is 20.5 Å². The molecule has 0 radical (unpaired) electrons. The van der Waals surface area contributed by atoms with E-state index in [1.165, 1.54) is 0 Å². The standard InChI is InChI=1S/C16H23N3O4/c20-14-3-1-13(2-4-14)5-6-17-15(21)16(22)18-7-8-19-9-11-23-12-10-19/h1-4,20H,5-12H2,(H,17,21)(H,18,22). The molecular weight excluding hydrogens is 298 g/mol. The van der Waals surface area contributed by atoms with Gasteiger partial charge in [0.05, 0.1) is 13.2 Å². The van der Waals surface area contributed by atoms with Crippen LogP contribution in [0.2, 0.25) is 0 Å². The number of phenols is 1. The van der Waals surface area contributed by atoms with Gasteiger partial charge in [-0.1, -0.05) is 12.1 Å². The van der Waals surface area contributed by atoms with Crippen LogP contribution in [0.15, 0.2) is 24.3 Å². The van der Waals surface area contributed by atoms with Crippen molar-refractivity contribution in [3.63, 3.8) is 0 Å². The maximum atomic E-state index is 11.7. The van der Waals surface area contributed by atoms with Crippen LogP contribution >= 0.6 is 0 Å². The number of rotatable bonds is 6. The first-order valence-electron chi connectivity index (χ1n) is 7.79. The highest BCUT2D eigenvalue weighted by atomic mass is 16.5. The number of nitrogens with zero attached hydrogens (tertiary/aromatic N) is 1. The lowest BCUT2D eigenvalue weighted by molar-refractivity contribution is -0.139. The fourth-order valence-electron chi connectivity index (χ4n) is 2.30. The SMILES string of the molecule is O=C(NCCc1ccc(O)cc1)C(=O)NCCN1CCOCC1. The molecule has 7 heteroatoms. The van der Waals surface area contributed by atoms with Crippen LogP contribution in [0.4, 0.5) is 0 Å². The van der Waals surface area contributed by atoms with Crippen LogP contribution in [-0.4, -0.2) is 67.8 Å². The molecule has 0 saturated carbocycles. The fraction of sp³-hybridized carbons (Fsp3) is 0.500. The second kappa shape index (κ2) is 9.12. The minimum atomic E-state index is -0.620. The number of amides is 2. The molecule has 1 heterocycles. The number of nitrogens with one attached hydrogen (secondary N) is 2. The van der Waals surface area contributed by atoms with Crippen LogP contribution in [0.3, 0.4) is 0 Å². The van der Waals surface area contributed by atoms with Crippen LogP contribution in [-0.2, 0) is 20.7 Å². The maximum Gasteiger partial charge on any atom is 0.309 e. The minimum absolute atomic E-state index is 0.206. The molecule has 0 spiro atoms. The first-order chi connectivity index (χ1) is 11.1. The molecule has 1 aromatic carbocycles. The van der Waals surface area contributed by atoms with E-state index in [4.69, 9.17) is 4.74 Å². The quantitative estimate of drug-likeness (QED) is 0.615. The normalized spacial score (nSPS) is 15.1. The second-order valence-electron chi connectivity index (χ2n) is 5.38. The summed E-state index contributed by atoms with van der Waals surface area (Å²) in [5.41, 5.74) is 0.982. The number of carbonyl (C=O) groups is 2. The van der Waals surface area contributed by atoms with Crippen molar-refractivity contribution in [2.75, 3.05) is 45.9 Å². The lowest BCUT2D eigenvalue weighted by Gasteiger charge is -2.26. The second-order valence-corrected chi connectivity index (χ2v) is 5.38. The Morgan fingerprint density at radius 2 is 1.65 bits per heavy atom. The van der Waals surface area contributed by atoms with Gasteiger partial charge in [0.15, 0.2) is 0 Å². The van der Waals surface area contributed by atoms with E-state index in [0.29, 0.717) is 32.7 Å². The third-order valence-corrected chi connectivity index (χ3v) is 3.66. The summed E-state index contributed by atoms with van der Waals surface area (Å²) in [6.45, 7) is 4.68. The highest BCUT2D eigenvalue weighted by Gasteiger charge is 2.14. The molecule has 1 saturated heterocycles. The van der Waals surface area contributed by atoms with Crippen molar-refractivity contribution >= 4 is 11.8 Å². The lowest BCUT2D eigenvalue weighted by atomic mass is 10.1. The first-order valence-corrected chi connectivity index (χ1v) is 7.79. The molecule has 0 bridgehead atoms. The van der Waals surface area contributed by atoms with Gasteiger partial charge in [0, 0.05) is 32.7 Å². The van der Waals surface area contributed by atoms with Gasteiger partial charge in [0.1, 0.15) is 5.75 Å². The van der Waals surface area contributed by atoms with Crippen LogP contribution < -0.4 is 10.6 Å². The third kappa shape index (κ3) is 6.25. The molecule has 23 heavy (non-hydrogen) atoms. The Bertz CT molecular complexity index is 513. The summed E-state index contributed by atoms with van der Waals surface area (Å²) in [6, 6.07) is 6.75. The Hall–Kier alpha value is -2.12. The monoisotopic (exact) mass is 321 g/mol. The van der Waals surface area contributed by atoms with E-state index in [2.05, 4.69) is 15.5 Å². The lowest BCUT2D eigenvalue weighted by Crippen LogP contribution is -2.45. The molecule has 7 nitrogen and oxygen atoms in total. The minimum Gasteiger partial charge on any atom is -0.508 e. The molecule has 1 aliphatic heterocycles. The van der Waals surface area contributed by atoms with Crippen LogP contribution in [0.25, 0.3) is 0 Å². The van der Waals surface area contributed by atoms with Crippen molar-refractivity contribution in [1.29, 1.82) is 0 Å². The van der Waals surface area contributed by atoms with E-state index >= 15 is 0 Å². The molecule has 0 aliphatic carbocycles. The van der Waals surface area contributed by atoms with Crippen LogP contribution in [0.5, 0.6) is 5.75 Å². The van der Waals surface area contributed by atoms with E-state index in [-0.39, 0.29) is 5.75 Å². The van der Waals surface area contributed by atoms with Crippen molar-refractivity contribution in [3.05, 3.63) is 29.8 Å². The summed E-state index contributed by atoms with van der Waals surface area (Å²) in [5, 5.41) is 14.4. The molecule has 0 unspecified atom stereocenters. The predicted octanol–water partition coefficient (Wildman–Crippen LogP) is -0.501. The van der Waals surface area contributed by atoms with Gasteiger partial charge in [-0.05, 0) is 24.1 Å². The summed E-state index contributed by atoms with van der Waals surface area (Å²) in [5.74, 6) is -1.02. The molecule has 1 aliphatic rings. The van der Waals surface area contributed by atoms with E-state index in [1.807, 2.05) is 0 Å². The van der Waals surface area contributed by atoms with Gasteiger partial charge in [0.25, 0.3) is 0 Å². The van der Waals surface area contributed by atoms with Gasteiger partial charge in [-0.15, -0.1) is 0 Å². The van der Waals surface area contributed by atoms with Crippen molar-refractivity contribution in [1.82, 2.24) is 15.5 Å². The fourth-order valence-corrected chi connectivity index (χ4v) is 2.30. The van der Waals surface area contributed by atoms with Gasteiger partial charge in [-0.3, -0.25) is 14.5 Å². The van der Waals surface area contributed by atoms with Gasteiger partial charge >= 0.3 is 11.8 Å². The first kappa shape index (κ1) is 17.2. The molecule has 3 N–H and O–H groups in total. The topological polar surface area (TPSA) is 90.9 Å². The number of aromatic hydroxyl groups is 1. The van der Waals surface area contributed by atoms with Crippen molar-refractivity contribution in [2.45, 2.75) is 6.42 Å². The summed E-state index contributed by atoms with van der Waals surface area (Å²) >= 11 is 0. The molecule has 1 fully saturated rings. The van der Waals surface area contributed by atoms with Gasteiger partial charge in [-0.2, -0.15) is 0 Å². The summed E-state index contributed by atoms with van der Waals surface area (Å²) in [4.78, 5) is 25.5. The molecule has 1 aromatic rings. The van der Waals surface area contributed by atoms with Crippen molar-refractivity contribution in [3.8, 4) is 5.75 Å². The van der Waals surface area contributed by atoms with Crippen molar-refractivity contribution < 1.29 is 19.4 Å². The molecule has 0 atom stereocenters. The smallest absolute Gasteiger partial charge is 0.309 e. The zero-order chi connectivity index (χ0) is 16.5. The third-order valence-electron chi connectivity index (χ3n) is 3.66. The van der Waals surface area contributed by atoms with Gasteiger partial charge in [0.2, 0.25) is 0 Å². The van der Waals surface area contributed by atoms with Crippen LogP contribution in [0.1, 0.15) is 5.56 Å². The summed E-state index contributed by atoms with van der Waals surface area (Å²) in [6.07, 6.45) is 0.604. The highest BCUT2D eigenvalue weighted by molar-refractivity contribution is 6.35. The Labute approximate surface area is 135 Å². The number of hydrogen-bond donors (Lipinski definition) is 3. The zero-order valence-corrected chi connectivity index (χ0v) is 13.1. The van der Waals surface area contributed by atoms with Gasteiger partial charge in [-0.25, -0.2) is 0 Å². The highest BCUT2D eigenvalue weighted by Crippen LogP contribution is 2.09. The Balaban J connectivity index is 1.58. The summed E-state index contributed by atoms with van der Waals surface area (Å²) in [7, 11) is 0. The number of carbonyl (C=O) groups excluding carboxylic acids is 2. The number of hydrogen-bond acceptors (Lipinski definition) is 5. The average molecular weight is 321 g/mol. The van der Waals surface area contributed by atoms with Crippen molar-refractivity contribution in [2.24, 2.45) is 0 Å². The molecular formula is C16H23N3O4. The predicted molar refractivity (Wildman–Crippen MR) is 85.1 cm³/mol. The Morgan fingerprint density at radius 3 is 2.30 bits per heavy atom. The number of benzene rings is 1. The number of phenolic OH excluding ortho intramolecular Hbond substituents is 1. The average Bonchev–Trinajstić information content (AvgIpc) is 2.57. The molecule has 0 aromatic heterocycles. The van der Waals surface area contributed by atoms with Crippen LogP contribution in [0, 0.1) is 0 Å². The maximum absolute atomic E-state index is 11.7. The Morgan fingerprint density at radius 1 is 1.04 bits per heavy atom. The van der Waals surface area contributed by atoms with E-state index in [1.54, 1.807) is 24.3 Å². The largest absolute Gasteiger partial charge is 0.508 e. The number of ether oxygens (including phenoxy) is 1. The van der Waals surface area contributed by atoms with E-state index < -0.39 is 11.8 Å².